The molecule has 172 valence electrons. The molecule has 0 aliphatic carbocycles. The number of rotatable bonds is 8. The fourth-order valence-corrected chi connectivity index (χ4v) is 3.64. The van der Waals surface area contributed by atoms with Gasteiger partial charge >= 0.3 is 0 Å². The molecule has 0 heterocycles. The van der Waals surface area contributed by atoms with Crippen molar-refractivity contribution in [3.05, 3.63) is 99.0 Å². The molecular weight excluding hydrogens is 494 g/mol. The van der Waals surface area contributed by atoms with Crippen LogP contribution in [-0.4, -0.2) is 18.4 Å². The normalized spacial score (nSPS) is 10.8. The lowest BCUT2D eigenvalue weighted by Gasteiger charge is -2.12. The van der Waals surface area contributed by atoms with Crippen molar-refractivity contribution in [1.82, 2.24) is 5.32 Å². The summed E-state index contributed by atoms with van der Waals surface area (Å²) >= 11 is 3.43. The van der Waals surface area contributed by atoms with Gasteiger partial charge in [0.05, 0.1) is 4.47 Å². The van der Waals surface area contributed by atoms with Crippen LogP contribution in [0.4, 0.5) is 5.69 Å². The summed E-state index contributed by atoms with van der Waals surface area (Å²) < 4.78 is 6.24. The number of anilines is 1. The van der Waals surface area contributed by atoms with Gasteiger partial charge in [0.2, 0.25) is 0 Å². The summed E-state index contributed by atoms with van der Waals surface area (Å²) in [6, 6.07) is 22.2. The number of nitrogens with zero attached hydrogens (tertiary/aromatic N) is 1. The Morgan fingerprint density at radius 2 is 1.82 bits per heavy atom. The van der Waals surface area contributed by atoms with Gasteiger partial charge < -0.3 is 15.4 Å². The number of carbonyl (C=O) groups is 2. The van der Waals surface area contributed by atoms with Crippen LogP contribution < -0.4 is 15.4 Å². The van der Waals surface area contributed by atoms with E-state index in [-0.39, 0.29) is 18.1 Å². The van der Waals surface area contributed by atoms with E-state index in [4.69, 9.17) is 4.74 Å². The first-order valence-electron chi connectivity index (χ1n) is 10.6. The number of carbonyl (C=O) groups excluding carboxylic acids is 2. The van der Waals surface area contributed by atoms with Crippen LogP contribution in [0.2, 0.25) is 0 Å². The van der Waals surface area contributed by atoms with Gasteiger partial charge in [0, 0.05) is 12.2 Å². The second-order valence-electron chi connectivity index (χ2n) is 7.61. The SMILES string of the molecule is Cc1cccc(NC(=O)COc2ccc(/C=C(\C#N)C(=O)NCc3ccccc3)cc2Br)c1C. The van der Waals surface area contributed by atoms with E-state index >= 15 is 0 Å². The summed E-state index contributed by atoms with van der Waals surface area (Å²) in [6.45, 7) is 4.11. The third kappa shape index (κ3) is 6.80. The number of aryl methyl sites for hydroxylation is 1. The van der Waals surface area contributed by atoms with Crippen LogP contribution in [0, 0.1) is 25.2 Å². The predicted octanol–water partition coefficient (Wildman–Crippen LogP) is 5.31. The average Bonchev–Trinajstić information content (AvgIpc) is 2.84. The van der Waals surface area contributed by atoms with Gasteiger partial charge in [-0.15, -0.1) is 0 Å². The molecule has 0 radical (unpaired) electrons. The van der Waals surface area contributed by atoms with E-state index in [0.717, 1.165) is 22.4 Å². The molecule has 0 bridgehead atoms. The summed E-state index contributed by atoms with van der Waals surface area (Å²) in [5, 5.41) is 15.0. The highest BCUT2D eigenvalue weighted by Gasteiger charge is 2.11. The third-order valence-corrected chi connectivity index (χ3v) is 5.79. The molecule has 0 saturated carbocycles. The van der Waals surface area contributed by atoms with Crippen LogP contribution in [0.1, 0.15) is 22.3 Å². The van der Waals surface area contributed by atoms with Gasteiger partial charge in [-0.2, -0.15) is 5.26 Å². The first-order chi connectivity index (χ1) is 16.4. The van der Waals surface area contributed by atoms with E-state index in [1.807, 2.05) is 68.4 Å². The van der Waals surface area contributed by atoms with Crippen LogP contribution >= 0.6 is 15.9 Å². The maximum Gasteiger partial charge on any atom is 0.262 e. The molecule has 3 aromatic rings. The Balaban J connectivity index is 1.60. The lowest BCUT2D eigenvalue weighted by atomic mass is 10.1. The zero-order valence-electron chi connectivity index (χ0n) is 18.9. The minimum atomic E-state index is -0.453. The molecule has 2 N–H and O–H groups in total. The molecule has 0 atom stereocenters. The number of amides is 2. The van der Waals surface area contributed by atoms with Crippen molar-refractivity contribution in [2.24, 2.45) is 0 Å². The molecule has 7 heteroatoms. The van der Waals surface area contributed by atoms with Crippen molar-refractivity contribution in [3.63, 3.8) is 0 Å². The van der Waals surface area contributed by atoms with E-state index in [0.29, 0.717) is 22.3 Å². The molecule has 0 aliphatic heterocycles. The minimum Gasteiger partial charge on any atom is -0.483 e. The van der Waals surface area contributed by atoms with Crippen molar-refractivity contribution in [3.8, 4) is 11.8 Å². The fraction of sp³-hybridized carbons (Fsp3) is 0.148. The quantitative estimate of drug-likeness (QED) is 0.313. The van der Waals surface area contributed by atoms with E-state index in [1.54, 1.807) is 18.2 Å². The lowest BCUT2D eigenvalue weighted by Crippen LogP contribution is -2.23. The number of halogens is 1. The van der Waals surface area contributed by atoms with Gasteiger partial charge in [-0.25, -0.2) is 0 Å². The summed E-state index contributed by atoms with van der Waals surface area (Å²) in [7, 11) is 0. The minimum absolute atomic E-state index is 0.00981. The number of benzene rings is 3. The number of hydrogen-bond acceptors (Lipinski definition) is 4. The van der Waals surface area contributed by atoms with Crippen LogP contribution in [0.25, 0.3) is 6.08 Å². The molecule has 0 aliphatic rings. The number of nitriles is 1. The lowest BCUT2D eigenvalue weighted by molar-refractivity contribution is -0.118. The van der Waals surface area contributed by atoms with E-state index in [9.17, 15) is 14.9 Å². The van der Waals surface area contributed by atoms with Crippen LogP contribution in [0.3, 0.4) is 0 Å². The maximum atomic E-state index is 12.4. The van der Waals surface area contributed by atoms with Gasteiger partial charge in [0.1, 0.15) is 17.4 Å². The van der Waals surface area contributed by atoms with Gasteiger partial charge in [-0.05, 0) is 76.3 Å². The Morgan fingerprint density at radius 3 is 2.53 bits per heavy atom. The average molecular weight is 518 g/mol. The Kier molecular flexibility index (Phi) is 8.60. The molecule has 3 aromatic carbocycles. The van der Waals surface area contributed by atoms with Crippen molar-refractivity contribution in [1.29, 1.82) is 5.26 Å². The zero-order chi connectivity index (χ0) is 24.5. The number of hydrogen-bond donors (Lipinski definition) is 2. The van der Waals surface area contributed by atoms with Gasteiger partial charge in [0.15, 0.2) is 6.61 Å². The van der Waals surface area contributed by atoms with E-state index < -0.39 is 5.91 Å². The van der Waals surface area contributed by atoms with E-state index in [1.165, 1.54) is 6.08 Å². The van der Waals surface area contributed by atoms with Crippen molar-refractivity contribution < 1.29 is 14.3 Å². The smallest absolute Gasteiger partial charge is 0.262 e. The largest absolute Gasteiger partial charge is 0.483 e. The molecule has 34 heavy (non-hydrogen) atoms. The van der Waals surface area contributed by atoms with Crippen molar-refractivity contribution >= 4 is 39.5 Å². The van der Waals surface area contributed by atoms with E-state index in [2.05, 4.69) is 26.6 Å². The highest BCUT2D eigenvalue weighted by molar-refractivity contribution is 9.10. The monoisotopic (exact) mass is 517 g/mol. The molecule has 0 fully saturated rings. The maximum absolute atomic E-state index is 12.4. The molecule has 0 saturated heterocycles. The standard InChI is InChI=1S/C27H24BrN3O3/c1-18-7-6-10-24(19(18)2)31-26(32)17-34-25-12-11-21(14-23(25)28)13-22(15-29)27(33)30-16-20-8-4-3-5-9-20/h3-14H,16-17H2,1-2H3,(H,30,33)(H,31,32)/b22-13+. The summed E-state index contributed by atoms with van der Waals surface area (Å²) in [4.78, 5) is 24.7. The molecular formula is C27H24BrN3O3. The van der Waals surface area contributed by atoms with Gasteiger partial charge in [0.25, 0.3) is 11.8 Å². The summed E-state index contributed by atoms with van der Waals surface area (Å²) in [6.07, 6.45) is 1.50. The number of ether oxygens (including phenoxy) is 1. The molecule has 0 aromatic heterocycles. The molecule has 2 amide bonds. The molecule has 6 nitrogen and oxygen atoms in total. The first kappa shape index (κ1) is 24.7. The fourth-order valence-electron chi connectivity index (χ4n) is 3.13. The Morgan fingerprint density at radius 1 is 1.06 bits per heavy atom. The highest BCUT2D eigenvalue weighted by Crippen LogP contribution is 2.27. The van der Waals surface area contributed by atoms with Crippen LogP contribution in [0.5, 0.6) is 5.75 Å². The highest BCUT2D eigenvalue weighted by atomic mass is 79.9. The van der Waals surface area contributed by atoms with Crippen molar-refractivity contribution in [2.45, 2.75) is 20.4 Å². The van der Waals surface area contributed by atoms with Crippen molar-refractivity contribution in [2.75, 3.05) is 11.9 Å². The number of nitrogens with one attached hydrogen (secondary N) is 2. The predicted molar refractivity (Wildman–Crippen MR) is 136 cm³/mol. The third-order valence-electron chi connectivity index (χ3n) is 5.17. The Hall–Kier alpha value is -3.89. The van der Waals surface area contributed by atoms with Crippen LogP contribution in [-0.2, 0) is 16.1 Å². The Bertz CT molecular complexity index is 1260. The van der Waals surface area contributed by atoms with Gasteiger partial charge in [-0.1, -0.05) is 48.5 Å². The zero-order valence-corrected chi connectivity index (χ0v) is 20.5. The molecule has 3 rings (SSSR count). The summed E-state index contributed by atoms with van der Waals surface area (Å²) in [5.41, 5.74) is 4.43. The topological polar surface area (TPSA) is 91.2 Å². The second kappa shape index (κ2) is 11.8. The van der Waals surface area contributed by atoms with Crippen LogP contribution in [0.15, 0.2) is 76.8 Å². The molecule has 0 spiro atoms. The second-order valence-corrected chi connectivity index (χ2v) is 8.47. The first-order valence-corrected chi connectivity index (χ1v) is 11.4. The van der Waals surface area contributed by atoms with Gasteiger partial charge in [-0.3, -0.25) is 9.59 Å². The summed E-state index contributed by atoms with van der Waals surface area (Å²) in [5.74, 6) is -0.252. The Labute approximate surface area is 207 Å². The molecule has 0 unspecified atom stereocenters.